The summed E-state index contributed by atoms with van der Waals surface area (Å²) >= 11 is 0. The maximum absolute atomic E-state index is 13.2. The topological polar surface area (TPSA) is 285 Å². The fourth-order valence-electron chi connectivity index (χ4n) is 6.47. The van der Waals surface area contributed by atoms with Gasteiger partial charge in [0.25, 0.3) is 11.8 Å². The van der Waals surface area contributed by atoms with Gasteiger partial charge >= 0.3 is 23.9 Å². The number of unbranched alkanes of at least 4 members (excludes halogenated alkanes) is 5. The Labute approximate surface area is 341 Å². The van der Waals surface area contributed by atoms with Crippen LogP contribution >= 0.6 is 0 Å². The van der Waals surface area contributed by atoms with Crippen molar-refractivity contribution < 1.29 is 66.9 Å². The summed E-state index contributed by atoms with van der Waals surface area (Å²) in [6, 6.07) is 1.68. The first-order chi connectivity index (χ1) is 28.2. The van der Waals surface area contributed by atoms with Gasteiger partial charge < -0.3 is 40.6 Å². The molecule has 0 aromatic heterocycles. The van der Waals surface area contributed by atoms with E-state index in [0.717, 1.165) is 64.8 Å². The van der Waals surface area contributed by atoms with Gasteiger partial charge in [0, 0.05) is 50.9 Å². The van der Waals surface area contributed by atoms with E-state index in [4.69, 9.17) is 15.2 Å². The van der Waals surface area contributed by atoms with Crippen LogP contribution in [0.2, 0.25) is 0 Å². The number of hydrogen-bond donors (Lipinski definition) is 5. The zero-order valence-electron chi connectivity index (χ0n) is 33.6. The van der Waals surface area contributed by atoms with Crippen LogP contribution in [0.15, 0.2) is 18.2 Å². The lowest BCUT2D eigenvalue weighted by Gasteiger charge is -2.27. The van der Waals surface area contributed by atoms with Gasteiger partial charge in [0.15, 0.2) is 6.10 Å². The molecule has 1 unspecified atom stereocenters. The number of rotatable bonds is 25. The van der Waals surface area contributed by atoms with Gasteiger partial charge in [-0.05, 0) is 44.2 Å². The molecule has 6 N–H and O–H groups in total. The third-order valence-electron chi connectivity index (χ3n) is 9.73. The maximum atomic E-state index is 13.2. The van der Waals surface area contributed by atoms with Gasteiger partial charge in [0.2, 0.25) is 23.6 Å². The molecule has 0 radical (unpaired) electrons. The number of fused-ring (bicyclic) bond motifs is 1. The summed E-state index contributed by atoms with van der Waals surface area (Å²) in [5.74, 6) is -6.46. The van der Waals surface area contributed by atoms with Crippen molar-refractivity contribution in [3.05, 3.63) is 29.3 Å². The number of esters is 4. The lowest BCUT2D eigenvalue weighted by Crippen LogP contribution is -2.54. The Hall–Kier alpha value is -5.92. The minimum atomic E-state index is -1.43. The molecular formula is C39H54N6O14. The molecule has 6 amide bonds. The van der Waals surface area contributed by atoms with Gasteiger partial charge in [-0.2, -0.15) is 0 Å². The van der Waals surface area contributed by atoms with Gasteiger partial charge in [-0.25, -0.2) is 9.59 Å². The summed E-state index contributed by atoms with van der Waals surface area (Å²) in [7, 11) is 3.36. The minimum Gasteiger partial charge on any atom is -0.468 e. The first-order valence-corrected chi connectivity index (χ1v) is 19.5. The molecule has 0 saturated carbocycles. The lowest BCUT2D eigenvalue weighted by molar-refractivity contribution is -0.167. The smallest absolute Gasteiger partial charge is 0.347 e. The number of nitrogens with two attached hydrogens (primary N) is 1. The minimum absolute atomic E-state index is 0.0444. The number of nitrogens with one attached hydrogen (secondary N) is 4. The average molecular weight is 831 g/mol. The summed E-state index contributed by atoms with van der Waals surface area (Å²) < 4.78 is 19.0. The Morgan fingerprint density at radius 2 is 1.42 bits per heavy atom. The zero-order valence-corrected chi connectivity index (χ0v) is 33.6. The number of methoxy groups -OCH3 is 3. The first kappa shape index (κ1) is 47.5. The molecule has 2 aliphatic rings. The number of imide groups is 2. The van der Waals surface area contributed by atoms with Gasteiger partial charge in [0.1, 0.15) is 18.1 Å². The molecular weight excluding hydrogens is 776 g/mol. The number of carbonyl (C=O) groups excluding carboxylic acids is 10. The summed E-state index contributed by atoms with van der Waals surface area (Å²) in [5, 5.41) is 10.7. The van der Waals surface area contributed by atoms with Gasteiger partial charge in [-0.3, -0.25) is 48.6 Å². The predicted octanol–water partition coefficient (Wildman–Crippen LogP) is 0.540. The number of amides is 6. The van der Waals surface area contributed by atoms with Crippen molar-refractivity contribution in [1.82, 2.24) is 20.9 Å². The molecule has 324 valence electrons. The quantitative estimate of drug-likeness (QED) is 0.0389. The van der Waals surface area contributed by atoms with Crippen LogP contribution in [0.4, 0.5) is 5.69 Å². The molecule has 4 atom stereocenters. The van der Waals surface area contributed by atoms with E-state index in [2.05, 4.69) is 30.7 Å². The summed E-state index contributed by atoms with van der Waals surface area (Å²) in [5.41, 5.74) is 6.55. The monoisotopic (exact) mass is 830 g/mol. The highest BCUT2D eigenvalue weighted by Crippen LogP contribution is 2.32. The molecule has 59 heavy (non-hydrogen) atoms. The SMILES string of the molecule is COC(=O)[C@H](CCC(=O)NCCCCCCCCNc1cccc2c1C(=O)N(C1CCC(=O)NC1=O)C2=O)NC(=O)CC[C@H](OC(=O)CC[C@H](N)C(=O)OC)C(=O)OC. The molecule has 0 aliphatic carbocycles. The van der Waals surface area contributed by atoms with Crippen LogP contribution in [0.5, 0.6) is 0 Å². The number of piperidine rings is 1. The van der Waals surface area contributed by atoms with E-state index in [1.54, 1.807) is 18.2 Å². The second kappa shape index (κ2) is 24.1. The zero-order chi connectivity index (χ0) is 43.5. The van der Waals surface area contributed by atoms with E-state index >= 15 is 0 Å². The van der Waals surface area contributed by atoms with E-state index in [0.29, 0.717) is 18.8 Å². The number of anilines is 1. The van der Waals surface area contributed by atoms with Crippen LogP contribution < -0.4 is 27.0 Å². The second-order valence-electron chi connectivity index (χ2n) is 14.0. The first-order valence-electron chi connectivity index (χ1n) is 19.5. The third kappa shape index (κ3) is 14.4. The van der Waals surface area contributed by atoms with Crippen molar-refractivity contribution in [2.75, 3.05) is 39.7 Å². The van der Waals surface area contributed by atoms with Crippen molar-refractivity contribution in [2.24, 2.45) is 5.73 Å². The van der Waals surface area contributed by atoms with Gasteiger partial charge in [-0.1, -0.05) is 31.7 Å². The van der Waals surface area contributed by atoms with Gasteiger partial charge in [-0.15, -0.1) is 0 Å². The molecule has 20 nitrogen and oxygen atoms in total. The summed E-state index contributed by atoms with van der Waals surface area (Å²) in [6.45, 7) is 0.972. The van der Waals surface area contributed by atoms with Crippen molar-refractivity contribution in [3.8, 4) is 0 Å². The maximum Gasteiger partial charge on any atom is 0.347 e. The molecule has 1 saturated heterocycles. The number of carbonyl (C=O) groups is 10. The Kier molecular flexibility index (Phi) is 19.4. The number of ether oxygens (including phenoxy) is 4. The van der Waals surface area contributed by atoms with E-state index in [-0.39, 0.29) is 68.4 Å². The molecule has 2 heterocycles. The molecule has 2 aliphatic heterocycles. The van der Waals surface area contributed by atoms with Crippen LogP contribution in [0.25, 0.3) is 0 Å². The average Bonchev–Trinajstić information content (AvgIpc) is 3.48. The van der Waals surface area contributed by atoms with Crippen LogP contribution in [-0.4, -0.2) is 123 Å². The summed E-state index contributed by atoms with van der Waals surface area (Å²) in [4.78, 5) is 124. The van der Waals surface area contributed by atoms with Crippen molar-refractivity contribution in [2.45, 2.75) is 114 Å². The molecule has 1 aromatic carbocycles. The highest BCUT2D eigenvalue weighted by molar-refractivity contribution is 6.25. The Morgan fingerprint density at radius 1 is 0.780 bits per heavy atom. The van der Waals surface area contributed by atoms with Crippen molar-refractivity contribution in [1.29, 1.82) is 0 Å². The van der Waals surface area contributed by atoms with Crippen LogP contribution in [0.1, 0.15) is 111 Å². The molecule has 20 heteroatoms. The highest BCUT2D eigenvalue weighted by Gasteiger charge is 2.45. The third-order valence-corrected chi connectivity index (χ3v) is 9.73. The standard InChI is InChI=1S/C39H54N6O14/c1-56-37(53)24(40)13-20-32(49)59-28(39(55)58-3)16-19-30(47)43-26(38(54)57-2)14-17-29(46)42-22-9-7-5-4-6-8-21-41-25-12-10-11-23-33(25)36(52)45(35(23)51)27-15-18-31(48)44-34(27)50/h10-12,24,26-28,41H,4-9,13-22,40H2,1-3H3,(H,42,46)(H,43,47)(H,44,48,50)/t24-,26-,27?,28-/m0/s1. The van der Waals surface area contributed by atoms with Crippen LogP contribution in [0.3, 0.4) is 0 Å². The number of hydrogen-bond acceptors (Lipinski definition) is 16. The molecule has 1 fully saturated rings. The number of benzene rings is 1. The predicted molar refractivity (Wildman–Crippen MR) is 206 cm³/mol. The lowest BCUT2D eigenvalue weighted by atomic mass is 10.0. The van der Waals surface area contributed by atoms with Crippen LogP contribution in [-0.2, 0) is 57.3 Å². The van der Waals surface area contributed by atoms with E-state index in [1.165, 1.54) is 0 Å². The number of nitrogens with zero attached hydrogens (tertiary/aromatic N) is 1. The Morgan fingerprint density at radius 3 is 2.08 bits per heavy atom. The van der Waals surface area contributed by atoms with E-state index in [1.807, 2.05) is 0 Å². The Balaban J connectivity index is 1.30. The largest absolute Gasteiger partial charge is 0.468 e. The second-order valence-corrected chi connectivity index (χ2v) is 14.0. The fourth-order valence-corrected chi connectivity index (χ4v) is 6.47. The molecule has 1 aromatic rings. The van der Waals surface area contributed by atoms with Crippen molar-refractivity contribution in [3.63, 3.8) is 0 Å². The van der Waals surface area contributed by atoms with E-state index in [9.17, 15) is 47.9 Å². The summed E-state index contributed by atoms with van der Waals surface area (Å²) in [6.07, 6.45) is 2.68. The normalized spacial score (nSPS) is 16.2. The van der Waals surface area contributed by atoms with Crippen LogP contribution in [0, 0.1) is 0 Å². The van der Waals surface area contributed by atoms with E-state index < -0.39 is 77.6 Å². The Bertz CT molecular complexity index is 1730. The molecule has 0 bridgehead atoms. The van der Waals surface area contributed by atoms with Gasteiger partial charge in [0.05, 0.1) is 32.5 Å². The van der Waals surface area contributed by atoms with Crippen molar-refractivity contribution >= 4 is 65.0 Å². The highest BCUT2D eigenvalue weighted by atomic mass is 16.6. The molecule has 3 rings (SSSR count). The molecule has 0 spiro atoms. The fraction of sp³-hybridized carbons (Fsp3) is 0.590.